The van der Waals surface area contributed by atoms with Crippen LogP contribution in [-0.4, -0.2) is 33.8 Å². The summed E-state index contributed by atoms with van der Waals surface area (Å²) in [6, 6.07) is 3.93. The number of aromatic nitrogens is 4. The number of rotatable bonds is 6. The molecule has 0 atom stereocenters. The molecular formula is C16H21N5O2S. The summed E-state index contributed by atoms with van der Waals surface area (Å²) in [5, 5.41) is 9.47. The lowest BCUT2D eigenvalue weighted by atomic mass is 10.4. The van der Waals surface area contributed by atoms with E-state index in [9.17, 15) is 0 Å². The van der Waals surface area contributed by atoms with Gasteiger partial charge in [-0.05, 0) is 32.9 Å². The van der Waals surface area contributed by atoms with Gasteiger partial charge in [0.05, 0.1) is 12.0 Å². The van der Waals surface area contributed by atoms with Crippen molar-refractivity contribution in [2.45, 2.75) is 37.7 Å². The molecule has 0 saturated carbocycles. The fourth-order valence-corrected chi connectivity index (χ4v) is 3.39. The highest BCUT2D eigenvalue weighted by Crippen LogP contribution is 2.30. The second kappa shape index (κ2) is 6.72. The van der Waals surface area contributed by atoms with Crippen LogP contribution in [0.4, 0.5) is 5.95 Å². The molecule has 8 heteroatoms. The Bertz CT molecular complexity index is 805. The third-order valence-corrected chi connectivity index (χ3v) is 4.48. The highest BCUT2D eigenvalue weighted by molar-refractivity contribution is 7.98. The molecule has 0 spiro atoms. The number of nitrogens with zero attached hydrogens (tertiary/aromatic N) is 5. The summed E-state index contributed by atoms with van der Waals surface area (Å²) in [6.45, 7) is 6.15. The zero-order valence-electron chi connectivity index (χ0n) is 14.5. The van der Waals surface area contributed by atoms with Crippen LogP contribution in [0.3, 0.4) is 0 Å². The molecule has 3 aromatic heterocycles. The van der Waals surface area contributed by atoms with Crippen molar-refractivity contribution in [1.82, 2.24) is 19.7 Å². The number of anilines is 1. The largest absolute Gasteiger partial charge is 0.459 e. The molecule has 7 nitrogen and oxygen atoms in total. The van der Waals surface area contributed by atoms with Gasteiger partial charge in [0.2, 0.25) is 5.95 Å². The van der Waals surface area contributed by atoms with E-state index in [0.29, 0.717) is 17.4 Å². The van der Waals surface area contributed by atoms with Gasteiger partial charge in [0.1, 0.15) is 5.76 Å². The minimum Gasteiger partial charge on any atom is -0.459 e. The fraction of sp³-hybridized carbons (Fsp3) is 0.438. The predicted octanol–water partition coefficient (Wildman–Crippen LogP) is 3.77. The Balaban J connectivity index is 1.79. The van der Waals surface area contributed by atoms with Gasteiger partial charge in [-0.15, -0.1) is 10.2 Å². The summed E-state index contributed by atoms with van der Waals surface area (Å²) in [6.07, 6.45) is 1.61. The maximum atomic E-state index is 5.70. The quantitative estimate of drug-likeness (QED) is 0.628. The number of furan rings is 1. The topological polar surface area (TPSA) is 73.1 Å². The van der Waals surface area contributed by atoms with Crippen molar-refractivity contribution in [2.75, 3.05) is 19.0 Å². The van der Waals surface area contributed by atoms with E-state index in [2.05, 4.69) is 33.6 Å². The zero-order valence-corrected chi connectivity index (χ0v) is 15.3. The van der Waals surface area contributed by atoms with E-state index >= 15 is 0 Å². The van der Waals surface area contributed by atoms with E-state index in [1.807, 2.05) is 38.1 Å². The van der Waals surface area contributed by atoms with Gasteiger partial charge in [0.25, 0.3) is 5.89 Å². The molecule has 0 radical (unpaired) electrons. The maximum Gasteiger partial charge on any atom is 0.263 e. The highest BCUT2D eigenvalue weighted by atomic mass is 32.2. The summed E-state index contributed by atoms with van der Waals surface area (Å²) < 4.78 is 13.2. The molecule has 0 bridgehead atoms. The number of oxazole rings is 1. The van der Waals surface area contributed by atoms with Gasteiger partial charge < -0.3 is 13.7 Å². The van der Waals surface area contributed by atoms with Crippen LogP contribution in [0.25, 0.3) is 11.7 Å². The van der Waals surface area contributed by atoms with Crippen molar-refractivity contribution in [3.05, 3.63) is 29.9 Å². The van der Waals surface area contributed by atoms with E-state index in [-0.39, 0.29) is 6.04 Å². The number of aryl methyl sites for hydroxylation is 1. The van der Waals surface area contributed by atoms with Crippen molar-refractivity contribution >= 4 is 17.7 Å². The molecule has 0 aliphatic heterocycles. The third kappa shape index (κ3) is 3.19. The Kier molecular flexibility index (Phi) is 4.66. The maximum absolute atomic E-state index is 5.70. The molecule has 3 rings (SSSR count). The summed E-state index contributed by atoms with van der Waals surface area (Å²) in [5.74, 6) is 3.44. The monoisotopic (exact) mass is 347 g/mol. The van der Waals surface area contributed by atoms with Crippen LogP contribution in [0.1, 0.15) is 31.3 Å². The lowest BCUT2D eigenvalue weighted by Gasteiger charge is -2.17. The van der Waals surface area contributed by atoms with Crippen molar-refractivity contribution in [1.29, 1.82) is 0 Å². The molecule has 128 valence electrons. The van der Waals surface area contributed by atoms with Crippen LogP contribution < -0.4 is 4.90 Å². The van der Waals surface area contributed by atoms with Gasteiger partial charge in [-0.3, -0.25) is 4.57 Å². The van der Waals surface area contributed by atoms with Gasteiger partial charge in [0, 0.05) is 25.9 Å². The van der Waals surface area contributed by atoms with Crippen LogP contribution in [0.2, 0.25) is 0 Å². The predicted molar refractivity (Wildman–Crippen MR) is 93.2 cm³/mol. The van der Waals surface area contributed by atoms with Gasteiger partial charge in [-0.25, -0.2) is 4.98 Å². The lowest BCUT2D eigenvalue weighted by molar-refractivity contribution is 0.500. The van der Waals surface area contributed by atoms with Gasteiger partial charge in [-0.1, -0.05) is 11.8 Å². The minimum absolute atomic E-state index is 0.275. The van der Waals surface area contributed by atoms with Crippen LogP contribution in [0.15, 0.2) is 32.4 Å². The van der Waals surface area contributed by atoms with E-state index in [1.165, 1.54) is 0 Å². The first-order valence-corrected chi connectivity index (χ1v) is 8.71. The smallest absolute Gasteiger partial charge is 0.263 e. The summed E-state index contributed by atoms with van der Waals surface area (Å²) in [4.78, 5) is 6.50. The summed E-state index contributed by atoms with van der Waals surface area (Å²) >= 11 is 1.60. The zero-order chi connectivity index (χ0) is 17.3. The first kappa shape index (κ1) is 16.6. The number of hydrogen-bond acceptors (Lipinski definition) is 7. The molecule has 24 heavy (non-hydrogen) atoms. The number of hydrogen-bond donors (Lipinski definition) is 0. The van der Waals surface area contributed by atoms with Crippen molar-refractivity contribution < 1.29 is 8.83 Å². The Hall–Kier alpha value is -2.22. The normalized spacial score (nSPS) is 11.4. The van der Waals surface area contributed by atoms with Crippen LogP contribution in [0.5, 0.6) is 0 Å². The average Bonchev–Trinajstić information content (AvgIpc) is 3.24. The van der Waals surface area contributed by atoms with Gasteiger partial charge in [-0.2, -0.15) is 0 Å². The van der Waals surface area contributed by atoms with Gasteiger partial charge in [0.15, 0.2) is 10.9 Å². The van der Waals surface area contributed by atoms with Crippen molar-refractivity contribution in [3.8, 4) is 11.7 Å². The van der Waals surface area contributed by atoms with E-state index < -0.39 is 0 Å². The number of thioether (sulfide) groups is 1. The van der Waals surface area contributed by atoms with E-state index in [4.69, 9.17) is 8.83 Å². The molecular weight excluding hydrogens is 326 g/mol. The third-order valence-electron chi connectivity index (χ3n) is 3.53. The average molecular weight is 347 g/mol. The van der Waals surface area contributed by atoms with Crippen LogP contribution in [0, 0.1) is 6.92 Å². The lowest BCUT2D eigenvalue weighted by Crippen LogP contribution is -2.17. The molecule has 0 saturated heterocycles. The molecule has 0 N–H and O–H groups in total. The second-order valence-corrected chi connectivity index (χ2v) is 6.87. The van der Waals surface area contributed by atoms with Gasteiger partial charge >= 0.3 is 0 Å². The SMILES string of the molecule is Cc1oc(-c2ccco2)nc1CSc1nnc(N(C)C)n1C(C)C. The molecule has 0 fully saturated rings. The Morgan fingerprint density at radius 1 is 1.29 bits per heavy atom. The minimum atomic E-state index is 0.275. The molecule has 0 aliphatic carbocycles. The fourth-order valence-electron chi connectivity index (χ4n) is 2.33. The van der Waals surface area contributed by atoms with Crippen LogP contribution >= 0.6 is 11.8 Å². The Morgan fingerprint density at radius 2 is 2.08 bits per heavy atom. The molecule has 0 unspecified atom stereocenters. The molecule has 0 aromatic carbocycles. The van der Waals surface area contributed by atoms with E-state index in [0.717, 1.165) is 22.6 Å². The molecule has 3 heterocycles. The Morgan fingerprint density at radius 3 is 2.71 bits per heavy atom. The molecule has 0 aliphatic rings. The van der Waals surface area contributed by atoms with Crippen LogP contribution in [-0.2, 0) is 5.75 Å². The first-order chi connectivity index (χ1) is 11.5. The molecule has 3 aromatic rings. The van der Waals surface area contributed by atoms with Crippen molar-refractivity contribution in [3.63, 3.8) is 0 Å². The standard InChI is InChI=1S/C16H21N5O2S/c1-10(2)21-15(20(4)5)18-19-16(21)24-9-12-11(3)23-14(17-12)13-7-6-8-22-13/h6-8,10H,9H2,1-5H3. The summed E-state index contributed by atoms with van der Waals surface area (Å²) in [5.41, 5.74) is 0.885. The Labute approximate surface area is 145 Å². The first-order valence-electron chi connectivity index (χ1n) is 7.72. The summed E-state index contributed by atoms with van der Waals surface area (Å²) in [7, 11) is 3.93. The molecule has 0 amide bonds. The second-order valence-electron chi connectivity index (χ2n) is 5.93. The van der Waals surface area contributed by atoms with Crippen molar-refractivity contribution in [2.24, 2.45) is 0 Å². The van der Waals surface area contributed by atoms with E-state index in [1.54, 1.807) is 18.0 Å². The highest BCUT2D eigenvalue weighted by Gasteiger charge is 2.19.